The molecule has 0 spiro atoms. The van der Waals surface area contributed by atoms with Crippen LogP contribution in [-0.4, -0.2) is 43.9 Å². The number of halogens is 3. The van der Waals surface area contributed by atoms with Crippen LogP contribution in [0.4, 0.5) is 5.69 Å². The second kappa shape index (κ2) is 9.96. The van der Waals surface area contributed by atoms with Crippen molar-refractivity contribution < 1.29 is 22.7 Å². The lowest BCUT2D eigenvalue weighted by Gasteiger charge is -2.32. The minimum Gasteiger partial charge on any atom is -0.455 e. The van der Waals surface area contributed by atoms with Crippen molar-refractivity contribution >= 4 is 62.2 Å². The van der Waals surface area contributed by atoms with Gasteiger partial charge in [0.1, 0.15) is 6.10 Å². The van der Waals surface area contributed by atoms with Crippen LogP contribution in [-0.2, 0) is 14.6 Å². The summed E-state index contributed by atoms with van der Waals surface area (Å²) in [4.78, 5) is 27.7. The van der Waals surface area contributed by atoms with Gasteiger partial charge >= 0.3 is 5.97 Å². The molecule has 10 heteroatoms. The molecule has 0 aromatic heterocycles. The summed E-state index contributed by atoms with van der Waals surface area (Å²) in [6.45, 7) is 0. The normalized spacial score (nSPS) is 18.9. The molecular weight excluding hydrogens is 521 g/mol. The number of hydrogen-bond acceptors (Lipinski definition) is 5. The monoisotopic (exact) mass is 537 g/mol. The van der Waals surface area contributed by atoms with Crippen LogP contribution in [0, 0.1) is 0 Å². The molecule has 1 saturated heterocycles. The molecule has 1 fully saturated rings. The fraction of sp³-hybridized carbons (Fsp3) is 0.167. The fourth-order valence-corrected chi connectivity index (χ4v) is 5.92. The molecule has 1 heterocycles. The summed E-state index contributed by atoms with van der Waals surface area (Å²) in [5.41, 5.74) is 0.930. The predicted octanol–water partition coefficient (Wildman–Crippen LogP) is 5.32. The van der Waals surface area contributed by atoms with E-state index < -0.39 is 39.6 Å². The number of sulfone groups is 1. The van der Waals surface area contributed by atoms with E-state index in [1.165, 1.54) is 29.2 Å². The molecule has 176 valence electrons. The summed E-state index contributed by atoms with van der Waals surface area (Å²) in [6, 6.07) is 17.7. The Balaban J connectivity index is 1.72. The average Bonchev–Trinajstić information content (AvgIpc) is 3.09. The number of anilines is 1. The van der Waals surface area contributed by atoms with E-state index in [9.17, 15) is 18.0 Å². The third-order valence-corrected chi connectivity index (χ3v) is 7.80. The lowest BCUT2D eigenvalue weighted by atomic mass is 10.1. The maximum Gasteiger partial charge on any atom is 0.338 e. The molecule has 4 rings (SSSR count). The SMILES string of the molecule is O=C(OC1CS(=O)(=O)CC1N(C(=O)c1ccc(Cl)cc1)c1ccc(Cl)cc1)c1ccc(Cl)cc1. The van der Waals surface area contributed by atoms with Gasteiger partial charge in [-0.2, -0.15) is 0 Å². The van der Waals surface area contributed by atoms with Crippen molar-refractivity contribution in [2.24, 2.45) is 0 Å². The molecule has 0 N–H and O–H groups in total. The number of carbonyl (C=O) groups is 2. The van der Waals surface area contributed by atoms with Gasteiger partial charge in [-0.15, -0.1) is 0 Å². The number of benzene rings is 3. The van der Waals surface area contributed by atoms with Crippen LogP contribution in [0.25, 0.3) is 0 Å². The molecule has 6 nitrogen and oxygen atoms in total. The van der Waals surface area contributed by atoms with Gasteiger partial charge in [-0.25, -0.2) is 13.2 Å². The minimum absolute atomic E-state index is 0.217. The van der Waals surface area contributed by atoms with Gasteiger partial charge in [0.25, 0.3) is 5.91 Å². The van der Waals surface area contributed by atoms with Crippen LogP contribution in [0.2, 0.25) is 15.1 Å². The maximum absolute atomic E-state index is 13.6. The largest absolute Gasteiger partial charge is 0.455 e. The van der Waals surface area contributed by atoms with Crippen LogP contribution >= 0.6 is 34.8 Å². The number of esters is 1. The van der Waals surface area contributed by atoms with Crippen molar-refractivity contribution in [3.8, 4) is 0 Å². The van der Waals surface area contributed by atoms with Crippen LogP contribution in [0.3, 0.4) is 0 Å². The molecular formula is C24H18Cl3NO5S. The summed E-state index contributed by atoms with van der Waals surface area (Å²) < 4.78 is 30.9. The third-order valence-electron chi connectivity index (χ3n) is 5.36. The Hall–Kier alpha value is -2.58. The summed E-state index contributed by atoms with van der Waals surface area (Å²) >= 11 is 17.9. The molecule has 0 aliphatic carbocycles. The van der Waals surface area contributed by atoms with E-state index in [0.29, 0.717) is 26.3 Å². The molecule has 3 aromatic carbocycles. The Morgan fingerprint density at radius 2 is 1.21 bits per heavy atom. The van der Waals surface area contributed by atoms with Gasteiger partial charge < -0.3 is 9.64 Å². The van der Waals surface area contributed by atoms with Crippen LogP contribution in [0.5, 0.6) is 0 Å². The Bertz CT molecular complexity index is 1310. The zero-order valence-corrected chi connectivity index (χ0v) is 20.6. The van der Waals surface area contributed by atoms with E-state index in [1.807, 2.05) is 0 Å². The topological polar surface area (TPSA) is 80.8 Å². The van der Waals surface area contributed by atoms with Gasteiger partial charge in [0.15, 0.2) is 9.84 Å². The van der Waals surface area contributed by atoms with Crippen LogP contribution < -0.4 is 4.90 Å². The zero-order valence-electron chi connectivity index (χ0n) is 17.5. The van der Waals surface area contributed by atoms with Crippen LogP contribution in [0.15, 0.2) is 72.8 Å². The van der Waals surface area contributed by atoms with E-state index in [0.717, 1.165) is 0 Å². The summed E-state index contributed by atoms with van der Waals surface area (Å²) in [5, 5.41) is 1.35. The van der Waals surface area contributed by atoms with E-state index >= 15 is 0 Å². The second-order valence-corrected chi connectivity index (χ2v) is 11.2. The lowest BCUT2D eigenvalue weighted by Crippen LogP contribution is -2.48. The van der Waals surface area contributed by atoms with Gasteiger partial charge in [-0.3, -0.25) is 4.79 Å². The highest BCUT2D eigenvalue weighted by molar-refractivity contribution is 7.91. The second-order valence-electron chi connectivity index (χ2n) is 7.75. The molecule has 3 aromatic rings. The van der Waals surface area contributed by atoms with Gasteiger partial charge in [0.05, 0.1) is 23.1 Å². The number of nitrogens with zero attached hydrogens (tertiary/aromatic N) is 1. The van der Waals surface area contributed by atoms with Crippen molar-refractivity contribution in [2.45, 2.75) is 12.1 Å². The first kappa shape index (κ1) is 24.5. The summed E-state index contributed by atoms with van der Waals surface area (Å²) in [5.74, 6) is -1.95. The summed E-state index contributed by atoms with van der Waals surface area (Å²) in [7, 11) is -3.60. The molecule has 0 bridgehead atoms. The van der Waals surface area contributed by atoms with Crippen molar-refractivity contribution in [3.63, 3.8) is 0 Å². The number of rotatable bonds is 5. The maximum atomic E-state index is 13.6. The fourth-order valence-electron chi connectivity index (χ4n) is 3.73. The molecule has 2 unspecified atom stereocenters. The molecule has 1 amide bonds. The van der Waals surface area contributed by atoms with Gasteiger partial charge in [-0.1, -0.05) is 34.8 Å². The minimum atomic E-state index is -3.60. The van der Waals surface area contributed by atoms with E-state index in [2.05, 4.69) is 0 Å². The molecule has 0 radical (unpaired) electrons. The Morgan fingerprint density at radius 1 is 0.735 bits per heavy atom. The number of ether oxygens (including phenoxy) is 1. The zero-order chi connectivity index (χ0) is 24.5. The van der Waals surface area contributed by atoms with Crippen molar-refractivity contribution in [1.82, 2.24) is 0 Å². The average molecular weight is 539 g/mol. The van der Waals surface area contributed by atoms with E-state index in [4.69, 9.17) is 39.5 Å². The molecule has 1 aliphatic heterocycles. The Morgan fingerprint density at radius 3 is 1.74 bits per heavy atom. The Labute approximate surface area is 211 Å². The van der Waals surface area contributed by atoms with Gasteiger partial charge in [0, 0.05) is 26.3 Å². The quantitative estimate of drug-likeness (QED) is 0.411. The first-order valence-electron chi connectivity index (χ1n) is 10.1. The van der Waals surface area contributed by atoms with E-state index in [-0.39, 0.29) is 11.3 Å². The predicted molar refractivity (Wildman–Crippen MR) is 133 cm³/mol. The van der Waals surface area contributed by atoms with E-state index in [1.54, 1.807) is 48.5 Å². The number of carbonyl (C=O) groups excluding carboxylic acids is 2. The Kier molecular flexibility index (Phi) is 7.19. The van der Waals surface area contributed by atoms with Crippen molar-refractivity contribution in [3.05, 3.63) is 99.0 Å². The standard InChI is InChI=1S/C24H18Cl3NO5S/c25-17-5-1-15(2-6-17)23(29)28(20-11-9-19(27)10-12-20)21-13-34(31,32)14-22(21)33-24(30)16-3-7-18(26)8-4-16/h1-12,21-22H,13-14H2. The van der Waals surface area contributed by atoms with Gasteiger partial charge in [-0.05, 0) is 72.8 Å². The van der Waals surface area contributed by atoms with Gasteiger partial charge in [0.2, 0.25) is 0 Å². The molecule has 2 atom stereocenters. The highest BCUT2D eigenvalue weighted by Gasteiger charge is 2.46. The highest BCUT2D eigenvalue weighted by Crippen LogP contribution is 2.30. The summed E-state index contributed by atoms with van der Waals surface area (Å²) in [6.07, 6.45) is -1.08. The number of hydrogen-bond donors (Lipinski definition) is 0. The highest BCUT2D eigenvalue weighted by atomic mass is 35.5. The van der Waals surface area contributed by atoms with Crippen molar-refractivity contribution in [2.75, 3.05) is 16.4 Å². The first-order chi connectivity index (χ1) is 16.1. The van der Waals surface area contributed by atoms with Crippen molar-refractivity contribution in [1.29, 1.82) is 0 Å². The van der Waals surface area contributed by atoms with Crippen LogP contribution in [0.1, 0.15) is 20.7 Å². The third kappa shape index (κ3) is 5.55. The first-order valence-corrected chi connectivity index (χ1v) is 13.1. The molecule has 0 saturated carbocycles. The smallest absolute Gasteiger partial charge is 0.338 e. The lowest BCUT2D eigenvalue weighted by molar-refractivity contribution is 0.0314. The molecule has 34 heavy (non-hydrogen) atoms. The number of amides is 1. The molecule has 1 aliphatic rings.